The van der Waals surface area contributed by atoms with Gasteiger partial charge in [0.05, 0.1) is 0 Å². The van der Waals surface area contributed by atoms with Crippen LogP contribution in [0.15, 0.2) is 6.20 Å². The van der Waals surface area contributed by atoms with E-state index in [1.54, 1.807) is 11.3 Å². The van der Waals surface area contributed by atoms with E-state index in [9.17, 15) is 0 Å². The minimum atomic E-state index is 0.600. The molecule has 0 radical (unpaired) electrons. The molecule has 1 fully saturated rings. The van der Waals surface area contributed by atoms with Crippen LogP contribution < -0.4 is 11.1 Å². The first-order valence-electron chi connectivity index (χ1n) is 5.27. The van der Waals surface area contributed by atoms with Gasteiger partial charge < -0.3 is 11.1 Å². The first-order valence-corrected chi connectivity index (χ1v) is 6.09. The Morgan fingerprint density at radius 1 is 1.50 bits per heavy atom. The molecule has 3 N–H and O–H groups in total. The van der Waals surface area contributed by atoms with Crippen molar-refractivity contribution < 1.29 is 0 Å². The fraction of sp³-hybridized carbons (Fsp3) is 0.700. The predicted molar refractivity (Wildman–Crippen MR) is 60.5 cm³/mol. The summed E-state index contributed by atoms with van der Waals surface area (Å²) in [7, 11) is 0. The minimum absolute atomic E-state index is 0.600. The highest BCUT2D eigenvalue weighted by atomic mass is 32.1. The lowest BCUT2D eigenvalue weighted by molar-refractivity contribution is 0.579. The summed E-state index contributed by atoms with van der Waals surface area (Å²) in [4.78, 5) is 5.43. The Kier molecular flexibility index (Phi) is 3.37. The fourth-order valence-corrected chi connectivity index (χ4v) is 2.63. The molecule has 0 amide bonds. The third-order valence-corrected chi connectivity index (χ3v) is 3.75. The Balaban J connectivity index is 1.79. The van der Waals surface area contributed by atoms with Crippen LogP contribution in [-0.2, 0) is 6.54 Å². The zero-order valence-electron chi connectivity index (χ0n) is 8.33. The molecule has 1 aliphatic rings. The van der Waals surface area contributed by atoms with Gasteiger partial charge in [0, 0.05) is 24.2 Å². The number of anilines is 1. The van der Waals surface area contributed by atoms with E-state index in [-0.39, 0.29) is 0 Å². The lowest BCUT2D eigenvalue weighted by Gasteiger charge is -2.08. The average molecular weight is 211 g/mol. The second-order valence-electron chi connectivity index (χ2n) is 3.87. The Morgan fingerprint density at radius 2 is 2.29 bits per heavy atom. The summed E-state index contributed by atoms with van der Waals surface area (Å²) in [6.45, 7) is 1.68. The molecule has 1 aliphatic carbocycles. The molecule has 78 valence electrons. The van der Waals surface area contributed by atoms with Gasteiger partial charge in [-0.2, -0.15) is 0 Å². The van der Waals surface area contributed by atoms with Gasteiger partial charge >= 0.3 is 0 Å². The summed E-state index contributed by atoms with van der Waals surface area (Å²) in [6, 6.07) is 0. The van der Waals surface area contributed by atoms with Crippen LogP contribution in [0, 0.1) is 5.92 Å². The van der Waals surface area contributed by atoms with Crippen molar-refractivity contribution >= 4 is 16.5 Å². The van der Waals surface area contributed by atoms with Crippen molar-refractivity contribution in [1.82, 2.24) is 4.98 Å². The number of aromatic nitrogens is 1. The zero-order chi connectivity index (χ0) is 9.80. The number of rotatable bonds is 4. The van der Waals surface area contributed by atoms with E-state index >= 15 is 0 Å². The Hall–Kier alpha value is -0.610. The molecule has 0 atom stereocenters. The summed E-state index contributed by atoms with van der Waals surface area (Å²) in [5.74, 6) is 0.861. The standard InChI is InChI=1S/C10H17N3S/c11-5-9-7-13-10(14-9)12-6-8-3-1-2-4-8/h7-8H,1-6,11H2,(H,12,13). The summed E-state index contributed by atoms with van der Waals surface area (Å²) in [5.41, 5.74) is 5.52. The van der Waals surface area contributed by atoms with Crippen LogP contribution in [0.4, 0.5) is 5.13 Å². The molecule has 0 spiro atoms. The highest BCUT2D eigenvalue weighted by Crippen LogP contribution is 2.25. The number of nitrogens with zero attached hydrogens (tertiary/aromatic N) is 1. The van der Waals surface area contributed by atoms with E-state index in [4.69, 9.17) is 5.73 Å². The number of hydrogen-bond donors (Lipinski definition) is 2. The first kappa shape index (κ1) is 9.93. The van der Waals surface area contributed by atoms with Crippen LogP contribution in [0.3, 0.4) is 0 Å². The molecule has 0 bridgehead atoms. The summed E-state index contributed by atoms with van der Waals surface area (Å²) >= 11 is 1.67. The first-order chi connectivity index (χ1) is 6.88. The molecular formula is C10H17N3S. The van der Waals surface area contributed by atoms with Gasteiger partial charge in [-0.25, -0.2) is 4.98 Å². The Bertz CT molecular complexity index is 279. The van der Waals surface area contributed by atoms with E-state index in [2.05, 4.69) is 10.3 Å². The molecule has 0 aromatic carbocycles. The third-order valence-electron chi connectivity index (χ3n) is 2.77. The number of nitrogens with two attached hydrogens (primary N) is 1. The van der Waals surface area contributed by atoms with Crippen molar-refractivity contribution in [1.29, 1.82) is 0 Å². The molecule has 4 heteroatoms. The van der Waals surface area contributed by atoms with Gasteiger partial charge in [-0.05, 0) is 18.8 Å². The molecule has 1 aromatic heterocycles. The van der Waals surface area contributed by atoms with Crippen molar-refractivity contribution in [3.63, 3.8) is 0 Å². The molecule has 0 aliphatic heterocycles. The summed E-state index contributed by atoms with van der Waals surface area (Å²) in [5, 5.41) is 4.42. The van der Waals surface area contributed by atoms with Crippen LogP contribution in [0.25, 0.3) is 0 Å². The van der Waals surface area contributed by atoms with E-state index in [0.717, 1.165) is 22.5 Å². The molecule has 2 rings (SSSR count). The third kappa shape index (κ3) is 2.45. The highest BCUT2D eigenvalue weighted by molar-refractivity contribution is 7.15. The average Bonchev–Trinajstić information content (AvgIpc) is 2.86. The van der Waals surface area contributed by atoms with Gasteiger partial charge in [0.1, 0.15) is 0 Å². The van der Waals surface area contributed by atoms with Gasteiger partial charge in [0.15, 0.2) is 5.13 Å². The minimum Gasteiger partial charge on any atom is -0.361 e. The second kappa shape index (κ2) is 4.75. The van der Waals surface area contributed by atoms with Gasteiger partial charge in [0.2, 0.25) is 0 Å². The quantitative estimate of drug-likeness (QED) is 0.802. The maximum atomic E-state index is 5.52. The Labute approximate surface area is 88.7 Å². The molecule has 1 heterocycles. The van der Waals surface area contributed by atoms with Gasteiger partial charge in [-0.15, -0.1) is 11.3 Å². The molecule has 1 saturated carbocycles. The smallest absolute Gasteiger partial charge is 0.182 e. The lowest BCUT2D eigenvalue weighted by atomic mass is 10.1. The van der Waals surface area contributed by atoms with Crippen LogP contribution in [0.5, 0.6) is 0 Å². The topological polar surface area (TPSA) is 50.9 Å². The normalized spacial score (nSPS) is 17.5. The van der Waals surface area contributed by atoms with Crippen LogP contribution in [0.2, 0.25) is 0 Å². The lowest BCUT2D eigenvalue weighted by Crippen LogP contribution is -2.10. The van der Waals surface area contributed by atoms with E-state index < -0.39 is 0 Å². The predicted octanol–water partition coefficient (Wildman–Crippen LogP) is 2.20. The SMILES string of the molecule is NCc1cnc(NCC2CCCC2)s1. The van der Waals surface area contributed by atoms with Crippen LogP contribution >= 0.6 is 11.3 Å². The monoisotopic (exact) mass is 211 g/mol. The summed E-state index contributed by atoms with van der Waals surface area (Å²) < 4.78 is 0. The number of nitrogens with one attached hydrogen (secondary N) is 1. The van der Waals surface area contributed by atoms with Crippen molar-refractivity contribution in [3.05, 3.63) is 11.1 Å². The maximum absolute atomic E-state index is 5.52. The molecule has 1 aromatic rings. The van der Waals surface area contributed by atoms with Crippen molar-refractivity contribution in [2.75, 3.05) is 11.9 Å². The van der Waals surface area contributed by atoms with Crippen molar-refractivity contribution in [3.8, 4) is 0 Å². The molecule has 3 nitrogen and oxygen atoms in total. The molecule has 0 unspecified atom stereocenters. The summed E-state index contributed by atoms with van der Waals surface area (Å²) in [6.07, 6.45) is 7.42. The van der Waals surface area contributed by atoms with Gasteiger partial charge in [-0.3, -0.25) is 0 Å². The van der Waals surface area contributed by atoms with Crippen molar-refractivity contribution in [2.45, 2.75) is 32.2 Å². The van der Waals surface area contributed by atoms with E-state index in [0.29, 0.717) is 6.54 Å². The van der Waals surface area contributed by atoms with E-state index in [1.165, 1.54) is 25.7 Å². The van der Waals surface area contributed by atoms with Gasteiger partial charge in [0.25, 0.3) is 0 Å². The zero-order valence-corrected chi connectivity index (χ0v) is 9.15. The number of thiazole rings is 1. The van der Waals surface area contributed by atoms with Crippen LogP contribution in [0.1, 0.15) is 30.6 Å². The highest BCUT2D eigenvalue weighted by Gasteiger charge is 2.14. The second-order valence-corrected chi connectivity index (χ2v) is 4.98. The van der Waals surface area contributed by atoms with Gasteiger partial charge in [-0.1, -0.05) is 12.8 Å². The number of hydrogen-bond acceptors (Lipinski definition) is 4. The van der Waals surface area contributed by atoms with Crippen LogP contribution in [-0.4, -0.2) is 11.5 Å². The van der Waals surface area contributed by atoms with E-state index in [1.807, 2.05) is 6.20 Å². The molecule has 14 heavy (non-hydrogen) atoms. The fourth-order valence-electron chi connectivity index (χ4n) is 1.93. The maximum Gasteiger partial charge on any atom is 0.182 e. The Morgan fingerprint density at radius 3 is 2.93 bits per heavy atom. The van der Waals surface area contributed by atoms with Crippen molar-refractivity contribution in [2.24, 2.45) is 11.7 Å². The molecule has 0 saturated heterocycles. The largest absolute Gasteiger partial charge is 0.361 e. The molecular weight excluding hydrogens is 194 g/mol.